The topological polar surface area (TPSA) is 78.8 Å². The average Bonchev–Trinajstić information content (AvgIpc) is 2.89. The highest BCUT2D eigenvalue weighted by Gasteiger charge is 2.31. The van der Waals surface area contributed by atoms with Gasteiger partial charge in [-0.1, -0.05) is 6.07 Å². The molecule has 2 aromatic rings. The summed E-state index contributed by atoms with van der Waals surface area (Å²) in [7, 11) is -4.42. The van der Waals surface area contributed by atoms with Crippen molar-refractivity contribution in [2.24, 2.45) is 0 Å². The van der Waals surface area contributed by atoms with Crippen LogP contribution < -0.4 is 10.1 Å². The molecule has 0 aliphatic rings. The molecule has 21 heavy (non-hydrogen) atoms. The Balaban J connectivity index is 2.16. The van der Waals surface area contributed by atoms with Crippen molar-refractivity contribution in [2.75, 3.05) is 5.32 Å². The fraction of sp³-hybridized carbons (Fsp3) is 0.167. The van der Waals surface area contributed by atoms with Gasteiger partial charge in [0.2, 0.25) is 0 Å². The summed E-state index contributed by atoms with van der Waals surface area (Å²) >= 11 is 1.21. The number of halogens is 2. The Morgan fingerprint density at radius 1 is 1.19 bits per heavy atom. The van der Waals surface area contributed by atoms with E-state index in [0.717, 1.165) is 0 Å². The molecular weight excluding hydrogens is 323 g/mol. The van der Waals surface area contributed by atoms with Gasteiger partial charge in [-0.15, -0.1) is 11.3 Å². The predicted molar refractivity (Wildman–Crippen MR) is 75.8 cm³/mol. The van der Waals surface area contributed by atoms with Crippen LogP contribution in [0.15, 0.2) is 41.8 Å². The SMILES string of the molecule is O=P(O)(O)[C@@H](Nc1ccc(OC(F)F)cc1)c1cccs1. The van der Waals surface area contributed by atoms with E-state index in [4.69, 9.17) is 0 Å². The minimum Gasteiger partial charge on any atom is -0.435 e. The maximum Gasteiger partial charge on any atom is 0.387 e. The molecule has 0 saturated heterocycles. The monoisotopic (exact) mass is 335 g/mol. The third kappa shape index (κ3) is 4.50. The highest BCUT2D eigenvalue weighted by atomic mass is 32.1. The highest BCUT2D eigenvalue weighted by Crippen LogP contribution is 2.52. The van der Waals surface area contributed by atoms with E-state index < -0.39 is 20.0 Å². The van der Waals surface area contributed by atoms with Gasteiger partial charge in [0.15, 0.2) is 5.78 Å². The molecule has 0 unspecified atom stereocenters. The van der Waals surface area contributed by atoms with Crippen LogP contribution in [0.3, 0.4) is 0 Å². The molecule has 114 valence electrons. The van der Waals surface area contributed by atoms with Gasteiger partial charge in [-0.25, -0.2) is 0 Å². The summed E-state index contributed by atoms with van der Waals surface area (Å²) in [5.41, 5.74) is 0.387. The van der Waals surface area contributed by atoms with Gasteiger partial charge < -0.3 is 19.8 Å². The lowest BCUT2D eigenvalue weighted by atomic mass is 10.3. The lowest BCUT2D eigenvalue weighted by molar-refractivity contribution is -0.0498. The summed E-state index contributed by atoms with van der Waals surface area (Å²) in [6.07, 6.45) is 0. The van der Waals surface area contributed by atoms with Gasteiger partial charge in [0, 0.05) is 10.6 Å². The van der Waals surface area contributed by atoms with Gasteiger partial charge >= 0.3 is 14.2 Å². The fourth-order valence-corrected chi connectivity index (χ4v) is 3.65. The summed E-state index contributed by atoms with van der Waals surface area (Å²) < 4.78 is 39.8. The number of nitrogens with one attached hydrogen (secondary N) is 1. The zero-order valence-corrected chi connectivity index (χ0v) is 12.2. The molecule has 1 aromatic carbocycles. The van der Waals surface area contributed by atoms with Crippen LogP contribution in [0.5, 0.6) is 5.75 Å². The largest absolute Gasteiger partial charge is 0.435 e. The first kappa shape index (κ1) is 15.9. The Kier molecular flexibility index (Phi) is 4.95. The molecule has 0 aliphatic heterocycles. The van der Waals surface area contributed by atoms with Gasteiger partial charge in [0.1, 0.15) is 5.75 Å². The number of alkyl halides is 2. The number of ether oxygens (including phenoxy) is 1. The number of hydrogen-bond donors (Lipinski definition) is 3. The van der Waals surface area contributed by atoms with Crippen molar-refractivity contribution < 1.29 is 27.9 Å². The van der Waals surface area contributed by atoms with Crippen molar-refractivity contribution in [1.82, 2.24) is 0 Å². The maximum atomic E-state index is 12.0. The summed E-state index contributed by atoms with van der Waals surface area (Å²) in [6, 6.07) is 8.70. The van der Waals surface area contributed by atoms with Crippen molar-refractivity contribution >= 4 is 24.6 Å². The molecule has 5 nitrogen and oxygen atoms in total. The number of benzene rings is 1. The molecule has 0 aliphatic carbocycles. The molecule has 0 saturated carbocycles. The smallest absolute Gasteiger partial charge is 0.387 e. The van der Waals surface area contributed by atoms with E-state index in [9.17, 15) is 23.1 Å². The summed E-state index contributed by atoms with van der Waals surface area (Å²) in [6.45, 7) is -2.92. The zero-order chi connectivity index (χ0) is 15.5. The Morgan fingerprint density at radius 2 is 1.86 bits per heavy atom. The molecule has 0 fully saturated rings. The lowest BCUT2D eigenvalue weighted by Gasteiger charge is -2.20. The van der Waals surface area contributed by atoms with Crippen molar-refractivity contribution in [1.29, 1.82) is 0 Å². The first-order valence-corrected chi connectivity index (χ1v) is 8.32. The van der Waals surface area contributed by atoms with E-state index in [-0.39, 0.29) is 5.75 Å². The Hall–Kier alpha value is -1.47. The Morgan fingerprint density at radius 3 is 2.33 bits per heavy atom. The van der Waals surface area contributed by atoms with Gasteiger partial charge in [0.25, 0.3) is 0 Å². The normalized spacial score (nSPS) is 13.2. The van der Waals surface area contributed by atoms with Crippen LogP contribution in [0, 0.1) is 0 Å². The number of hydrogen-bond acceptors (Lipinski definition) is 4. The minimum atomic E-state index is -4.42. The van der Waals surface area contributed by atoms with Crippen LogP contribution >= 0.6 is 18.9 Å². The number of rotatable bonds is 6. The highest BCUT2D eigenvalue weighted by molar-refractivity contribution is 7.52. The van der Waals surface area contributed by atoms with Crippen LogP contribution in [0.25, 0.3) is 0 Å². The van der Waals surface area contributed by atoms with Gasteiger partial charge in [0.05, 0.1) is 0 Å². The molecule has 1 aromatic heterocycles. The molecule has 2 rings (SSSR count). The Bertz CT molecular complexity index is 615. The quantitative estimate of drug-likeness (QED) is 0.703. The first-order chi connectivity index (χ1) is 9.86. The van der Waals surface area contributed by atoms with E-state index in [2.05, 4.69) is 10.1 Å². The molecule has 9 heteroatoms. The predicted octanol–water partition coefficient (Wildman–Crippen LogP) is 3.64. The van der Waals surface area contributed by atoms with Crippen LogP contribution in [0.1, 0.15) is 10.7 Å². The molecule has 0 bridgehead atoms. The lowest BCUT2D eigenvalue weighted by Crippen LogP contribution is -2.10. The average molecular weight is 335 g/mol. The summed E-state index contributed by atoms with van der Waals surface area (Å²) in [5.74, 6) is -1.21. The second kappa shape index (κ2) is 6.53. The molecule has 1 atom stereocenters. The van der Waals surface area contributed by atoms with Crippen LogP contribution in [-0.2, 0) is 4.57 Å². The molecule has 0 spiro atoms. The number of anilines is 1. The standard InChI is InChI=1S/C12H12F2NO4PS/c13-12(14)19-9-5-3-8(4-6-9)15-11(20(16,17)18)10-2-1-7-21-10/h1-7,11-12,15H,(H2,16,17,18)/t11-/m1/s1. The van der Waals surface area contributed by atoms with Crippen LogP contribution in [0.4, 0.5) is 14.5 Å². The third-order valence-electron chi connectivity index (χ3n) is 2.53. The summed E-state index contributed by atoms with van der Waals surface area (Å²) in [5, 5.41) is 4.41. The maximum absolute atomic E-state index is 12.0. The van der Waals surface area contributed by atoms with Gasteiger partial charge in [-0.3, -0.25) is 4.57 Å². The molecule has 0 amide bonds. The second-order valence-electron chi connectivity index (χ2n) is 4.05. The van der Waals surface area contributed by atoms with E-state index in [0.29, 0.717) is 10.6 Å². The van der Waals surface area contributed by atoms with E-state index in [1.807, 2.05) is 0 Å². The third-order valence-corrected chi connectivity index (χ3v) is 4.72. The van der Waals surface area contributed by atoms with E-state index in [1.165, 1.54) is 35.6 Å². The molecule has 3 N–H and O–H groups in total. The molecule has 0 radical (unpaired) electrons. The minimum absolute atomic E-state index is 0.0283. The van der Waals surface area contributed by atoms with Gasteiger partial charge in [-0.2, -0.15) is 8.78 Å². The van der Waals surface area contributed by atoms with Crippen molar-refractivity contribution in [3.8, 4) is 5.75 Å². The van der Waals surface area contributed by atoms with Crippen molar-refractivity contribution in [3.05, 3.63) is 46.7 Å². The first-order valence-electron chi connectivity index (χ1n) is 5.76. The van der Waals surface area contributed by atoms with Crippen LogP contribution in [0.2, 0.25) is 0 Å². The van der Waals surface area contributed by atoms with E-state index >= 15 is 0 Å². The van der Waals surface area contributed by atoms with Crippen LogP contribution in [-0.4, -0.2) is 16.4 Å². The second-order valence-corrected chi connectivity index (χ2v) is 6.73. The number of thiophene rings is 1. The van der Waals surface area contributed by atoms with Crippen molar-refractivity contribution in [2.45, 2.75) is 12.4 Å². The molecular formula is C12H12F2NO4PS. The Labute approximate surface area is 123 Å². The van der Waals surface area contributed by atoms with Gasteiger partial charge in [-0.05, 0) is 35.7 Å². The molecule has 1 heterocycles. The fourth-order valence-electron chi connectivity index (χ4n) is 1.66. The van der Waals surface area contributed by atoms with Crippen molar-refractivity contribution in [3.63, 3.8) is 0 Å². The zero-order valence-electron chi connectivity index (χ0n) is 10.5. The van der Waals surface area contributed by atoms with E-state index in [1.54, 1.807) is 17.5 Å². The summed E-state index contributed by atoms with van der Waals surface area (Å²) in [4.78, 5) is 19.3.